The molecule has 1 heterocycles. The predicted octanol–water partition coefficient (Wildman–Crippen LogP) is 4.07. The molecule has 4 heteroatoms. The summed E-state index contributed by atoms with van der Waals surface area (Å²) in [6, 6.07) is 18.5. The summed E-state index contributed by atoms with van der Waals surface area (Å²) in [6.45, 7) is 5.40. The van der Waals surface area contributed by atoms with Gasteiger partial charge in [-0.15, -0.1) is 0 Å². The average molecular weight is 347 g/mol. The van der Waals surface area contributed by atoms with Crippen LogP contribution in [0.5, 0.6) is 0 Å². The highest BCUT2D eigenvalue weighted by Gasteiger charge is 2.19. The molecule has 2 aromatic carbocycles. The number of aromatic nitrogens is 2. The van der Waals surface area contributed by atoms with Gasteiger partial charge in [-0.05, 0) is 24.5 Å². The van der Waals surface area contributed by atoms with E-state index in [1.165, 1.54) is 11.1 Å². The van der Waals surface area contributed by atoms with E-state index in [1.807, 2.05) is 29.9 Å². The van der Waals surface area contributed by atoms with Gasteiger partial charge in [-0.3, -0.25) is 9.48 Å². The van der Waals surface area contributed by atoms with Gasteiger partial charge in [0.05, 0.1) is 24.0 Å². The van der Waals surface area contributed by atoms with Gasteiger partial charge >= 0.3 is 0 Å². The Hall–Kier alpha value is -2.88. The highest BCUT2D eigenvalue weighted by molar-refractivity contribution is 5.95. The first-order valence-electron chi connectivity index (χ1n) is 8.98. The van der Waals surface area contributed by atoms with Crippen molar-refractivity contribution in [2.24, 2.45) is 0 Å². The Morgan fingerprint density at radius 3 is 2.38 bits per heavy atom. The molecule has 0 bridgehead atoms. The zero-order valence-corrected chi connectivity index (χ0v) is 15.6. The first kappa shape index (κ1) is 17.9. The van der Waals surface area contributed by atoms with E-state index in [2.05, 4.69) is 55.3 Å². The topological polar surface area (TPSA) is 38.1 Å². The molecule has 0 unspecified atom stereocenters. The van der Waals surface area contributed by atoms with Gasteiger partial charge in [0.2, 0.25) is 0 Å². The van der Waals surface area contributed by atoms with Gasteiger partial charge in [0.25, 0.3) is 5.91 Å². The second kappa shape index (κ2) is 8.00. The van der Waals surface area contributed by atoms with E-state index in [-0.39, 0.29) is 5.91 Å². The zero-order chi connectivity index (χ0) is 18.5. The SMILES string of the molecule is CCc1c(C(=O)N(C)Cc2ccc(C)cc2)cnn1Cc1ccccc1. The fourth-order valence-electron chi connectivity index (χ4n) is 3.10. The van der Waals surface area contributed by atoms with Crippen molar-refractivity contribution in [3.8, 4) is 0 Å². The number of hydrogen-bond acceptors (Lipinski definition) is 2. The monoisotopic (exact) mass is 347 g/mol. The lowest BCUT2D eigenvalue weighted by Gasteiger charge is -2.18. The number of nitrogens with zero attached hydrogens (tertiary/aromatic N) is 3. The molecule has 1 aromatic heterocycles. The van der Waals surface area contributed by atoms with E-state index in [1.54, 1.807) is 11.1 Å². The molecule has 3 rings (SSSR count). The van der Waals surface area contributed by atoms with Crippen LogP contribution in [-0.4, -0.2) is 27.6 Å². The van der Waals surface area contributed by atoms with Gasteiger partial charge in [0.1, 0.15) is 0 Å². The lowest BCUT2D eigenvalue weighted by Crippen LogP contribution is -2.27. The predicted molar refractivity (Wildman–Crippen MR) is 104 cm³/mol. The second-order valence-corrected chi connectivity index (χ2v) is 6.65. The van der Waals surface area contributed by atoms with Crippen molar-refractivity contribution in [1.82, 2.24) is 14.7 Å². The van der Waals surface area contributed by atoms with E-state index < -0.39 is 0 Å². The minimum absolute atomic E-state index is 0.0155. The third-order valence-electron chi connectivity index (χ3n) is 4.58. The van der Waals surface area contributed by atoms with Crippen LogP contribution in [0.3, 0.4) is 0 Å². The maximum absolute atomic E-state index is 12.9. The Balaban J connectivity index is 1.77. The van der Waals surface area contributed by atoms with E-state index in [0.29, 0.717) is 18.7 Å². The Morgan fingerprint density at radius 1 is 1.04 bits per heavy atom. The van der Waals surface area contributed by atoms with Gasteiger partial charge in [-0.1, -0.05) is 67.1 Å². The van der Waals surface area contributed by atoms with Crippen molar-refractivity contribution in [2.75, 3.05) is 7.05 Å². The van der Waals surface area contributed by atoms with Crippen LogP contribution in [0.2, 0.25) is 0 Å². The van der Waals surface area contributed by atoms with Crippen molar-refractivity contribution >= 4 is 5.91 Å². The minimum Gasteiger partial charge on any atom is -0.337 e. The normalized spacial score (nSPS) is 10.7. The van der Waals surface area contributed by atoms with E-state index in [4.69, 9.17) is 0 Å². The number of amides is 1. The van der Waals surface area contributed by atoms with Crippen LogP contribution >= 0.6 is 0 Å². The number of benzene rings is 2. The lowest BCUT2D eigenvalue weighted by molar-refractivity contribution is 0.0784. The molecule has 3 aromatic rings. The van der Waals surface area contributed by atoms with Gasteiger partial charge in [-0.25, -0.2) is 0 Å². The molecule has 1 amide bonds. The van der Waals surface area contributed by atoms with Gasteiger partial charge in [-0.2, -0.15) is 5.10 Å². The van der Waals surface area contributed by atoms with Crippen LogP contribution in [0.25, 0.3) is 0 Å². The van der Waals surface area contributed by atoms with Crippen LogP contribution in [-0.2, 0) is 19.5 Å². The highest BCUT2D eigenvalue weighted by atomic mass is 16.2. The molecular formula is C22H25N3O. The number of carbonyl (C=O) groups is 1. The van der Waals surface area contributed by atoms with Gasteiger partial charge < -0.3 is 4.90 Å². The van der Waals surface area contributed by atoms with Crippen LogP contribution in [0.15, 0.2) is 60.8 Å². The summed E-state index contributed by atoms with van der Waals surface area (Å²) in [5.41, 5.74) is 5.20. The summed E-state index contributed by atoms with van der Waals surface area (Å²) in [6.07, 6.45) is 2.47. The Bertz CT molecular complexity index is 866. The summed E-state index contributed by atoms with van der Waals surface area (Å²) >= 11 is 0. The molecule has 0 radical (unpaired) electrons. The molecule has 0 aliphatic carbocycles. The fraction of sp³-hybridized carbons (Fsp3) is 0.273. The Morgan fingerprint density at radius 2 is 1.73 bits per heavy atom. The molecule has 0 aliphatic rings. The molecule has 0 saturated heterocycles. The van der Waals surface area contributed by atoms with Crippen LogP contribution in [0.4, 0.5) is 0 Å². The average Bonchev–Trinajstić information content (AvgIpc) is 3.06. The van der Waals surface area contributed by atoms with E-state index in [0.717, 1.165) is 17.7 Å². The summed E-state index contributed by atoms with van der Waals surface area (Å²) in [5.74, 6) is 0.0155. The van der Waals surface area contributed by atoms with Crippen molar-refractivity contribution in [1.29, 1.82) is 0 Å². The number of hydrogen-bond donors (Lipinski definition) is 0. The van der Waals surface area contributed by atoms with Crippen molar-refractivity contribution in [3.63, 3.8) is 0 Å². The minimum atomic E-state index is 0.0155. The molecule has 0 atom stereocenters. The largest absolute Gasteiger partial charge is 0.337 e. The number of aryl methyl sites for hydroxylation is 1. The zero-order valence-electron chi connectivity index (χ0n) is 15.6. The maximum Gasteiger partial charge on any atom is 0.257 e. The third kappa shape index (κ3) is 4.02. The second-order valence-electron chi connectivity index (χ2n) is 6.65. The molecule has 0 aliphatic heterocycles. The van der Waals surface area contributed by atoms with Gasteiger partial charge in [0, 0.05) is 13.6 Å². The van der Waals surface area contributed by atoms with Crippen LogP contribution < -0.4 is 0 Å². The first-order chi connectivity index (χ1) is 12.6. The Labute approximate surface area is 155 Å². The summed E-state index contributed by atoms with van der Waals surface area (Å²) < 4.78 is 1.93. The van der Waals surface area contributed by atoms with Crippen molar-refractivity contribution in [2.45, 2.75) is 33.4 Å². The Kier molecular flexibility index (Phi) is 5.52. The van der Waals surface area contributed by atoms with E-state index >= 15 is 0 Å². The van der Waals surface area contributed by atoms with Crippen LogP contribution in [0, 0.1) is 6.92 Å². The third-order valence-corrected chi connectivity index (χ3v) is 4.58. The van der Waals surface area contributed by atoms with Gasteiger partial charge in [0.15, 0.2) is 0 Å². The standard InChI is InChI=1S/C22H25N3O/c1-4-21-20(14-23-25(21)16-18-8-6-5-7-9-18)22(26)24(3)15-19-12-10-17(2)11-13-19/h5-14H,4,15-16H2,1-3H3. The quantitative estimate of drug-likeness (QED) is 0.674. The molecule has 4 nitrogen and oxygen atoms in total. The smallest absolute Gasteiger partial charge is 0.257 e. The fourth-order valence-corrected chi connectivity index (χ4v) is 3.10. The molecule has 26 heavy (non-hydrogen) atoms. The summed E-state index contributed by atoms with van der Waals surface area (Å²) in [7, 11) is 1.84. The molecule has 134 valence electrons. The molecule has 0 saturated carbocycles. The summed E-state index contributed by atoms with van der Waals surface area (Å²) in [5, 5.41) is 4.47. The van der Waals surface area contributed by atoms with Crippen LogP contribution in [0.1, 0.15) is 39.7 Å². The summed E-state index contributed by atoms with van der Waals surface area (Å²) in [4.78, 5) is 14.7. The maximum atomic E-state index is 12.9. The number of carbonyl (C=O) groups excluding carboxylic acids is 1. The van der Waals surface area contributed by atoms with Crippen molar-refractivity contribution in [3.05, 3.63) is 88.7 Å². The molecular weight excluding hydrogens is 322 g/mol. The molecule has 0 spiro atoms. The molecule has 0 N–H and O–H groups in total. The first-order valence-corrected chi connectivity index (χ1v) is 8.98. The van der Waals surface area contributed by atoms with E-state index in [9.17, 15) is 4.79 Å². The number of rotatable bonds is 6. The molecule has 0 fully saturated rings. The van der Waals surface area contributed by atoms with Crippen molar-refractivity contribution < 1.29 is 4.79 Å². The lowest BCUT2D eigenvalue weighted by atomic mass is 10.1. The highest BCUT2D eigenvalue weighted by Crippen LogP contribution is 2.16.